The Morgan fingerprint density at radius 1 is 0.486 bits per heavy atom. The zero-order valence-corrected chi connectivity index (χ0v) is 37.5. The van der Waals surface area contributed by atoms with Gasteiger partial charge in [-0.2, -0.15) is 0 Å². The van der Waals surface area contributed by atoms with Crippen LogP contribution in [0.5, 0.6) is 11.5 Å². The van der Waals surface area contributed by atoms with Crippen molar-refractivity contribution < 1.29 is 48.5 Å². The summed E-state index contributed by atoms with van der Waals surface area (Å²) in [5.41, 5.74) is 12.9. The Morgan fingerprint density at radius 3 is 1.31 bits per heavy atom. The summed E-state index contributed by atoms with van der Waals surface area (Å²) < 4.78 is 15.0. The highest BCUT2D eigenvalue weighted by atomic mass is 16.5. The molecule has 0 spiro atoms. The Balaban J connectivity index is 0.761. The maximum atomic E-state index is 13.5. The highest BCUT2D eigenvalue weighted by Crippen LogP contribution is 2.26. The lowest BCUT2D eigenvalue weighted by Gasteiger charge is -2.09. The lowest BCUT2D eigenvalue weighted by molar-refractivity contribution is 0.0687. The smallest absolute Gasteiger partial charge is 0.337 e. The Morgan fingerprint density at radius 2 is 0.900 bits per heavy atom. The second-order valence-corrected chi connectivity index (χ2v) is 16.1. The van der Waals surface area contributed by atoms with Gasteiger partial charge in [-0.1, -0.05) is 49.9 Å². The monoisotopic (exact) mass is 942 g/mol. The Labute approximate surface area is 399 Å². The molecule has 70 heavy (non-hydrogen) atoms. The van der Waals surface area contributed by atoms with Gasteiger partial charge in [0.05, 0.1) is 35.4 Å². The molecule has 0 saturated heterocycles. The van der Waals surface area contributed by atoms with Crippen LogP contribution in [0.15, 0.2) is 134 Å². The van der Waals surface area contributed by atoms with Gasteiger partial charge < -0.3 is 41.8 Å². The Kier molecular flexibility index (Phi) is 14.2. The van der Waals surface area contributed by atoms with Gasteiger partial charge in [0, 0.05) is 46.0 Å². The second-order valence-electron chi connectivity index (χ2n) is 16.1. The number of hydrogen-bond donors (Lipinski definition) is 6. The first-order valence-electron chi connectivity index (χ1n) is 22.2. The minimum absolute atomic E-state index is 0.0169. The lowest BCUT2D eigenvalue weighted by atomic mass is 10.1. The van der Waals surface area contributed by atoms with Crippen molar-refractivity contribution in [2.45, 2.75) is 38.5 Å². The number of nitrogens with one attached hydrogen (secondary N) is 2. The molecule has 0 atom stereocenters. The van der Waals surface area contributed by atoms with Gasteiger partial charge in [-0.3, -0.25) is 28.0 Å². The summed E-state index contributed by atoms with van der Waals surface area (Å²) in [5, 5.41) is 24.6. The van der Waals surface area contributed by atoms with E-state index < -0.39 is 35.3 Å². The molecule has 4 aromatic carbocycles. The van der Waals surface area contributed by atoms with E-state index in [0.29, 0.717) is 46.9 Å². The fraction of sp³-hybridized carbons (Fsp3) is 0.154. The van der Waals surface area contributed by atoms with Gasteiger partial charge in [0.1, 0.15) is 11.5 Å². The van der Waals surface area contributed by atoms with Crippen LogP contribution in [-0.4, -0.2) is 77.5 Å². The van der Waals surface area contributed by atoms with E-state index in [1.165, 1.54) is 45.2 Å². The minimum atomic E-state index is -1.26. The lowest BCUT2D eigenvalue weighted by Crippen LogP contribution is -2.13. The number of nitrogens with zero attached hydrogens (tertiary/aromatic N) is 4. The number of amides is 2. The number of carbonyl (C=O) groups is 6. The number of nitrogens with two attached hydrogens (primary N) is 2. The number of fused-ring (bicyclic) bond motifs is 2. The number of unbranched alkanes of at least 4 members (excludes halogenated alkanes) is 5. The first-order chi connectivity index (χ1) is 33.9. The van der Waals surface area contributed by atoms with E-state index in [4.69, 9.17) is 20.9 Å². The largest absolute Gasteiger partial charge is 0.494 e. The molecule has 0 saturated carbocycles. The van der Waals surface area contributed by atoms with Gasteiger partial charge in [0.2, 0.25) is 11.6 Å². The molecular weight excluding hydrogens is 897 g/mol. The van der Waals surface area contributed by atoms with Crippen LogP contribution in [0.4, 0.5) is 23.0 Å². The molecule has 0 aliphatic rings. The number of aromatic carboxylic acids is 2. The zero-order chi connectivity index (χ0) is 49.3. The molecule has 0 aliphatic carbocycles. The average molecular weight is 943 g/mol. The molecule has 0 unspecified atom stereocenters. The van der Waals surface area contributed by atoms with Crippen molar-refractivity contribution in [2.24, 2.45) is 0 Å². The van der Waals surface area contributed by atoms with E-state index in [1.54, 1.807) is 97.3 Å². The number of carboxylic acids is 2. The Bertz CT molecular complexity index is 3100. The molecule has 0 radical (unpaired) electrons. The summed E-state index contributed by atoms with van der Waals surface area (Å²) in [5.74, 6) is -3.22. The van der Waals surface area contributed by atoms with Crippen LogP contribution in [0, 0.1) is 0 Å². The third-order valence-electron chi connectivity index (χ3n) is 11.3. The summed E-state index contributed by atoms with van der Waals surface area (Å²) in [6.45, 7) is 0.915. The molecule has 2 amide bonds. The standard InChI is InChI=1S/C52H46N8O10/c53-39-21-19-31(29-37(39)51(65)66)43(61)47-55-45(41-17-5-7-23-59(41)47)57-49(63)33-13-11-15-35(27-33)69-25-9-3-1-2-4-10-26-70-36-16-12-14-34(28-36)50(64)58-46-42-18-6-8-24-60(42)48(56-46)44(62)32-20-22-40(54)38(30-32)52(67)68/h5-8,11-24,27-30H,1-4,9-10,25-26,53-54H2,(H,57,63)(H,58,64)(H,65,66)(H,67,68). The van der Waals surface area contributed by atoms with Crippen molar-refractivity contribution >= 4 is 69.4 Å². The maximum Gasteiger partial charge on any atom is 0.337 e. The van der Waals surface area contributed by atoms with Crippen LogP contribution in [0.1, 0.15) is 112 Å². The van der Waals surface area contributed by atoms with Crippen LogP contribution in [0.25, 0.3) is 11.0 Å². The molecule has 18 heteroatoms. The summed E-state index contributed by atoms with van der Waals surface area (Å²) in [4.78, 5) is 86.0. The molecular formula is C52H46N8O10. The summed E-state index contributed by atoms with van der Waals surface area (Å²) in [6.07, 6.45) is 8.73. The molecule has 8 rings (SSSR count). The first-order valence-corrected chi connectivity index (χ1v) is 22.2. The molecule has 18 nitrogen and oxygen atoms in total. The maximum absolute atomic E-state index is 13.5. The summed E-state index contributed by atoms with van der Waals surface area (Å²) >= 11 is 0. The van der Waals surface area contributed by atoms with E-state index in [-0.39, 0.29) is 56.9 Å². The molecule has 0 bridgehead atoms. The summed E-state index contributed by atoms with van der Waals surface area (Å²) in [6, 6.07) is 31.8. The van der Waals surface area contributed by atoms with Crippen molar-refractivity contribution in [3.8, 4) is 11.5 Å². The van der Waals surface area contributed by atoms with Crippen molar-refractivity contribution in [3.05, 3.63) is 179 Å². The second kappa shape index (κ2) is 21.1. The fourth-order valence-electron chi connectivity index (χ4n) is 7.71. The van der Waals surface area contributed by atoms with Gasteiger partial charge in [0.15, 0.2) is 23.3 Å². The highest BCUT2D eigenvalue weighted by molar-refractivity contribution is 6.12. The molecule has 4 aromatic heterocycles. The number of ketones is 2. The average Bonchev–Trinajstić information content (AvgIpc) is 3.92. The fourth-order valence-corrected chi connectivity index (χ4v) is 7.71. The molecule has 8 N–H and O–H groups in total. The number of aromatic nitrogens is 4. The van der Waals surface area contributed by atoms with E-state index >= 15 is 0 Å². The van der Waals surface area contributed by atoms with Crippen LogP contribution in [0.3, 0.4) is 0 Å². The number of benzene rings is 4. The van der Waals surface area contributed by atoms with E-state index in [9.17, 15) is 39.0 Å². The number of pyridine rings is 2. The number of anilines is 4. The first kappa shape index (κ1) is 47.2. The third-order valence-corrected chi connectivity index (χ3v) is 11.3. The number of hydrogen-bond acceptors (Lipinski definition) is 12. The number of carbonyl (C=O) groups excluding carboxylic acids is 4. The topological polar surface area (TPSA) is 272 Å². The third kappa shape index (κ3) is 10.6. The minimum Gasteiger partial charge on any atom is -0.494 e. The van der Waals surface area contributed by atoms with Crippen molar-refractivity contribution in [3.63, 3.8) is 0 Å². The predicted molar refractivity (Wildman–Crippen MR) is 260 cm³/mol. The van der Waals surface area contributed by atoms with E-state index in [2.05, 4.69) is 20.6 Å². The number of ether oxygens (including phenoxy) is 2. The van der Waals surface area contributed by atoms with Crippen molar-refractivity contribution in [1.29, 1.82) is 0 Å². The number of imidazole rings is 2. The van der Waals surface area contributed by atoms with E-state index in [1.807, 2.05) is 0 Å². The molecule has 0 fully saturated rings. The van der Waals surface area contributed by atoms with Gasteiger partial charge in [-0.25, -0.2) is 19.6 Å². The zero-order valence-electron chi connectivity index (χ0n) is 37.5. The van der Waals surface area contributed by atoms with Crippen LogP contribution in [0.2, 0.25) is 0 Å². The normalized spacial score (nSPS) is 11.0. The highest BCUT2D eigenvalue weighted by Gasteiger charge is 2.24. The predicted octanol–water partition coefficient (Wildman–Crippen LogP) is 8.31. The number of nitrogen functional groups attached to an aromatic ring is 2. The number of rotatable bonds is 21. The quantitative estimate of drug-likeness (QED) is 0.0225. The Hall–Kier alpha value is -9.32. The van der Waals surface area contributed by atoms with Gasteiger partial charge >= 0.3 is 11.9 Å². The molecule has 0 aliphatic heterocycles. The van der Waals surface area contributed by atoms with Crippen LogP contribution < -0.4 is 31.6 Å². The molecule has 4 heterocycles. The van der Waals surface area contributed by atoms with Gasteiger partial charge in [0.25, 0.3) is 11.8 Å². The SMILES string of the molecule is Nc1ccc(C(=O)c2nc(NC(=O)c3cccc(OCCCCCCCCOc4cccc(C(=O)Nc5nc(C(=O)c6ccc(N)c(C(=O)O)c6)n6ccccc56)c4)c3)c3ccccn23)cc1C(=O)O. The van der Waals surface area contributed by atoms with Gasteiger partial charge in [-0.15, -0.1) is 0 Å². The van der Waals surface area contributed by atoms with Crippen molar-refractivity contribution in [1.82, 2.24) is 18.8 Å². The molecule has 8 aromatic rings. The van der Waals surface area contributed by atoms with Crippen LogP contribution in [-0.2, 0) is 0 Å². The van der Waals surface area contributed by atoms with E-state index in [0.717, 1.165) is 38.5 Å². The number of carboxylic acid groups (broad SMARTS) is 2. The molecule has 354 valence electrons. The van der Waals surface area contributed by atoms with Gasteiger partial charge in [-0.05, 0) is 110 Å². The van der Waals surface area contributed by atoms with Crippen molar-refractivity contribution in [2.75, 3.05) is 35.3 Å². The van der Waals surface area contributed by atoms with Crippen LogP contribution >= 0.6 is 0 Å². The summed E-state index contributed by atoms with van der Waals surface area (Å²) in [7, 11) is 0.